The summed E-state index contributed by atoms with van der Waals surface area (Å²) in [4.78, 5) is 4.95. The molecule has 0 aromatic heterocycles. The minimum atomic E-state index is -1.52. The molecule has 0 fully saturated rings. The van der Waals surface area contributed by atoms with Gasteiger partial charge in [-0.15, -0.1) is 0 Å². The summed E-state index contributed by atoms with van der Waals surface area (Å²) in [5, 5.41) is 0. The Morgan fingerprint density at radius 2 is 1.33 bits per heavy atom. The first-order valence-corrected chi connectivity index (χ1v) is 14.3. The monoisotopic (exact) mass is 272 g/mol. The van der Waals surface area contributed by atoms with Crippen molar-refractivity contribution in [1.82, 2.24) is 0 Å². The predicted molar refractivity (Wildman–Crippen MR) is 54.8 cm³/mol. The zero-order valence-corrected chi connectivity index (χ0v) is 10.9. The van der Waals surface area contributed by atoms with E-state index in [0.29, 0.717) is 0 Å². The summed E-state index contributed by atoms with van der Waals surface area (Å²) in [6, 6.07) is 0. The third-order valence-corrected chi connectivity index (χ3v) is 13.6. The Hall–Kier alpha value is 1.50. The van der Waals surface area contributed by atoms with Crippen molar-refractivity contribution in [2.75, 3.05) is 11.5 Å². The van der Waals surface area contributed by atoms with Crippen LogP contribution in [0.15, 0.2) is 0 Å². The van der Waals surface area contributed by atoms with Gasteiger partial charge in [-0.1, -0.05) is 0 Å². The summed E-state index contributed by atoms with van der Waals surface area (Å²) in [5.74, 6) is 2.16. The SMILES string of the molecule is [CH3][Sn]([CH3])([CH2]CS)[CH2]CS. The third kappa shape index (κ3) is 5.92. The van der Waals surface area contributed by atoms with Gasteiger partial charge >= 0.3 is 73.9 Å². The van der Waals surface area contributed by atoms with Gasteiger partial charge in [-0.25, -0.2) is 0 Å². The average molecular weight is 271 g/mol. The van der Waals surface area contributed by atoms with Crippen LogP contribution in [-0.4, -0.2) is 29.9 Å². The Balaban J connectivity index is 3.43. The molecular weight excluding hydrogens is 255 g/mol. The van der Waals surface area contributed by atoms with E-state index >= 15 is 0 Å². The first kappa shape index (κ1) is 10.5. The maximum atomic E-state index is 4.23. The van der Waals surface area contributed by atoms with Gasteiger partial charge in [0.15, 0.2) is 0 Å². The zero-order chi connectivity index (χ0) is 7.33. The maximum absolute atomic E-state index is 4.23. The van der Waals surface area contributed by atoms with Crippen molar-refractivity contribution in [3.05, 3.63) is 0 Å². The molecular formula is C6H16S2Sn. The second kappa shape index (κ2) is 5.19. The van der Waals surface area contributed by atoms with Crippen LogP contribution in [0.3, 0.4) is 0 Å². The van der Waals surface area contributed by atoms with Gasteiger partial charge in [0.05, 0.1) is 0 Å². The molecule has 0 atom stereocenters. The molecule has 3 heteroatoms. The van der Waals surface area contributed by atoms with Gasteiger partial charge in [-0.3, -0.25) is 0 Å². The van der Waals surface area contributed by atoms with E-state index in [-0.39, 0.29) is 0 Å². The van der Waals surface area contributed by atoms with Gasteiger partial charge in [-0.2, -0.15) is 0 Å². The van der Waals surface area contributed by atoms with E-state index in [1.54, 1.807) is 0 Å². The molecule has 56 valence electrons. The molecule has 0 aromatic rings. The van der Waals surface area contributed by atoms with Crippen LogP contribution in [0.5, 0.6) is 0 Å². The van der Waals surface area contributed by atoms with Crippen molar-refractivity contribution in [2.45, 2.75) is 18.8 Å². The van der Waals surface area contributed by atoms with Gasteiger partial charge in [0, 0.05) is 0 Å². The van der Waals surface area contributed by atoms with Gasteiger partial charge in [0.1, 0.15) is 0 Å². The van der Waals surface area contributed by atoms with Crippen LogP contribution in [0.2, 0.25) is 18.8 Å². The molecule has 0 saturated carbocycles. The second-order valence-corrected chi connectivity index (χ2v) is 19.2. The van der Waals surface area contributed by atoms with Crippen molar-refractivity contribution >= 4 is 43.6 Å². The standard InChI is InChI=1S/2C2H5S.2CH3.Sn/c2*1-2-3;;;/h2*3H,1-2H2;2*1H3;. The molecule has 0 radical (unpaired) electrons. The Bertz CT molecular complexity index is 65.5. The summed E-state index contributed by atoms with van der Waals surface area (Å²) in [6.07, 6.45) is 0. The summed E-state index contributed by atoms with van der Waals surface area (Å²) in [6.45, 7) is 0. The fourth-order valence-corrected chi connectivity index (χ4v) is 13.0. The Labute approximate surface area is 73.5 Å². The van der Waals surface area contributed by atoms with E-state index in [1.807, 2.05) is 0 Å². The molecule has 0 aromatic carbocycles. The van der Waals surface area contributed by atoms with Crippen molar-refractivity contribution in [3.63, 3.8) is 0 Å². The number of hydrogen-bond acceptors (Lipinski definition) is 2. The molecule has 0 amide bonds. The topological polar surface area (TPSA) is 0 Å². The molecule has 0 aliphatic rings. The molecule has 0 aliphatic carbocycles. The van der Waals surface area contributed by atoms with E-state index < -0.39 is 18.4 Å². The van der Waals surface area contributed by atoms with Gasteiger partial charge < -0.3 is 0 Å². The molecule has 0 N–H and O–H groups in total. The van der Waals surface area contributed by atoms with Crippen LogP contribution in [0.1, 0.15) is 0 Å². The van der Waals surface area contributed by atoms with Crippen LogP contribution in [-0.2, 0) is 0 Å². The summed E-state index contributed by atoms with van der Waals surface area (Å²) < 4.78 is 2.80. The minimum absolute atomic E-state index is 1.08. The number of hydrogen-bond donors (Lipinski definition) is 2. The molecule has 0 aliphatic heterocycles. The van der Waals surface area contributed by atoms with E-state index in [2.05, 4.69) is 35.1 Å². The van der Waals surface area contributed by atoms with Crippen LogP contribution < -0.4 is 0 Å². The van der Waals surface area contributed by atoms with Crippen LogP contribution in [0.4, 0.5) is 0 Å². The summed E-state index contributed by atoms with van der Waals surface area (Å²) in [7, 11) is 0. The molecule has 9 heavy (non-hydrogen) atoms. The van der Waals surface area contributed by atoms with Crippen molar-refractivity contribution in [1.29, 1.82) is 0 Å². The first-order chi connectivity index (χ1) is 4.12. The van der Waals surface area contributed by atoms with Crippen molar-refractivity contribution < 1.29 is 0 Å². The average Bonchev–Trinajstić information content (AvgIpc) is 1.64. The zero-order valence-electron chi connectivity index (χ0n) is 6.22. The molecule has 0 bridgehead atoms. The van der Waals surface area contributed by atoms with Crippen molar-refractivity contribution in [3.8, 4) is 0 Å². The molecule has 0 nitrogen and oxygen atoms in total. The van der Waals surface area contributed by atoms with Gasteiger partial charge in [0.25, 0.3) is 0 Å². The van der Waals surface area contributed by atoms with Gasteiger partial charge in [0.2, 0.25) is 0 Å². The molecule has 0 spiro atoms. The molecule has 0 rings (SSSR count). The first-order valence-electron chi connectivity index (χ1n) is 3.34. The Kier molecular flexibility index (Phi) is 6.05. The van der Waals surface area contributed by atoms with Crippen LogP contribution >= 0.6 is 25.3 Å². The van der Waals surface area contributed by atoms with E-state index in [4.69, 9.17) is 0 Å². The predicted octanol–water partition coefficient (Wildman–Crippen LogP) is 2.55. The van der Waals surface area contributed by atoms with E-state index in [1.165, 1.54) is 8.87 Å². The second-order valence-electron chi connectivity index (χ2n) is 3.11. The fraction of sp³-hybridized carbons (Fsp3) is 1.00. The number of rotatable bonds is 4. The summed E-state index contributed by atoms with van der Waals surface area (Å²) in [5.41, 5.74) is 0. The van der Waals surface area contributed by atoms with Crippen LogP contribution in [0, 0.1) is 0 Å². The Morgan fingerprint density at radius 3 is 1.56 bits per heavy atom. The Morgan fingerprint density at radius 1 is 1.00 bits per heavy atom. The molecule has 0 heterocycles. The van der Waals surface area contributed by atoms with E-state index in [9.17, 15) is 0 Å². The molecule has 0 saturated heterocycles. The summed E-state index contributed by atoms with van der Waals surface area (Å²) >= 11 is 6.95. The molecule has 0 unspecified atom stereocenters. The third-order valence-electron chi connectivity index (χ3n) is 1.58. The van der Waals surface area contributed by atoms with E-state index in [0.717, 1.165) is 11.5 Å². The quantitative estimate of drug-likeness (QED) is 0.569. The number of thiol groups is 2. The van der Waals surface area contributed by atoms with Crippen molar-refractivity contribution in [2.24, 2.45) is 0 Å². The normalized spacial score (nSPS) is 12.0. The van der Waals surface area contributed by atoms with Gasteiger partial charge in [-0.05, 0) is 0 Å². The van der Waals surface area contributed by atoms with Crippen LogP contribution in [0.25, 0.3) is 0 Å². The fourth-order valence-electron chi connectivity index (χ4n) is 0.730.